The van der Waals surface area contributed by atoms with Gasteiger partial charge >= 0.3 is 0 Å². The van der Waals surface area contributed by atoms with E-state index in [4.69, 9.17) is 0 Å². The lowest BCUT2D eigenvalue weighted by Crippen LogP contribution is -2.31. The number of halogens is 1. The minimum atomic E-state index is 0.232. The van der Waals surface area contributed by atoms with Gasteiger partial charge in [0, 0.05) is 34.9 Å². The Labute approximate surface area is 120 Å². The van der Waals surface area contributed by atoms with Crippen LogP contribution >= 0.6 is 15.9 Å². The van der Waals surface area contributed by atoms with Crippen molar-refractivity contribution in [2.24, 2.45) is 0 Å². The van der Waals surface area contributed by atoms with Gasteiger partial charge in [0.1, 0.15) is 0 Å². The molecule has 19 heavy (non-hydrogen) atoms. The second-order valence-corrected chi connectivity index (χ2v) is 5.50. The van der Waals surface area contributed by atoms with Crippen LogP contribution in [0.25, 0.3) is 0 Å². The number of benzene rings is 1. The maximum absolute atomic E-state index is 11.9. The minimum absolute atomic E-state index is 0.232. The molecular formula is C15H13BrN2O. The maximum Gasteiger partial charge on any atom is 0.166 e. The van der Waals surface area contributed by atoms with Crippen LogP contribution in [0.2, 0.25) is 0 Å². The molecule has 0 radical (unpaired) electrons. The lowest BCUT2D eigenvalue weighted by Gasteiger charge is -2.30. The Hall–Kier alpha value is -1.68. The molecule has 2 aromatic rings. The molecule has 0 saturated heterocycles. The predicted molar refractivity (Wildman–Crippen MR) is 78.4 cm³/mol. The summed E-state index contributed by atoms with van der Waals surface area (Å²) in [5, 5.41) is 0. The largest absolute Gasteiger partial charge is 0.365 e. The second kappa shape index (κ2) is 5.13. The number of ketones is 1. The van der Waals surface area contributed by atoms with E-state index in [1.54, 1.807) is 6.20 Å². The van der Waals surface area contributed by atoms with Gasteiger partial charge in [0.25, 0.3) is 0 Å². The van der Waals surface area contributed by atoms with Crippen molar-refractivity contribution < 1.29 is 4.79 Å². The van der Waals surface area contributed by atoms with Crippen LogP contribution in [0.4, 0.5) is 5.69 Å². The summed E-state index contributed by atoms with van der Waals surface area (Å²) >= 11 is 3.38. The van der Waals surface area contributed by atoms with E-state index in [-0.39, 0.29) is 5.78 Å². The van der Waals surface area contributed by atoms with Crippen molar-refractivity contribution in [1.29, 1.82) is 0 Å². The SMILES string of the molecule is O=C1CCN(Cc2ccc(Br)cn2)c2ccccc21. The molecule has 0 bridgehead atoms. The fourth-order valence-corrected chi connectivity index (χ4v) is 2.57. The van der Waals surface area contributed by atoms with Crippen molar-refractivity contribution in [1.82, 2.24) is 4.98 Å². The highest BCUT2D eigenvalue weighted by Gasteiger charge is 2.22. The van der Waals surface area contributed by atoms with E-state index in [1.165, 1.54) is 0 Å². The smallest absolute Gasteiger partial charge is 0.166 e. The molecule has 1 aromatic heterocycles. The molecule has 0 saturated carbocycles. The Balaban J connectivity index is 1.88. The first-order chi connectivity index (χ1) is 9.24. The number of carbonyl (C=O) groups excluding carboxylic acids is 1. The van der Waals surface area contributed by atoms with Crippen molar-refractivity contribution in [2.45, 2.75) is 13.0 Å². The number of hydrogen-bond acceptors (Lipinski definition) is 3. The second-order valence-electron chi connectivity index (χ2n) is 4.58. The van der Waals surface area contributed by atoms with E-state index in [2.05, 4.69) is 25.8 Å². The molecule has 0 aliphatic carbocycles. The molecule has 0 spiro atoms. The summed E-state index contributed by atoms with van der Waals surface area (Å²) < 4.78 is 0.977. The number of para-hydroxylation sites is 1. The molecule has 0 unspecified atom stereocenters. The topological polar surface area (TPSA) is 33.2 Å². The average Bonchev–Trinajstić information content (AvgIpc) is 2.45. The molecule has 1 aromatic carbocycles. The van der Waals surface area contributed by atoms with E-state index in [9.17, 15) is 4.79 Å². The number of Topliss-reactive ketones (excluding diaryl/α,β-unsaturated/α-hetero) is 1. The first-order valence-corrected chi connectivity index (χ1v) is 7.01. The molecule has 3 rings (SSSR count). The van der Waals surface area contributed by atoms with Gasteiger partial charge < -0.3 is 4.90 Å². The van der Waals surface area contributed by atoms with Crippen LogP contribution in [0.15, 0.2) is 47.1 Å². The normalized spacial score (nSPS) is 14.4. The fraction of sp³-hybridized carbons (Fsp3) is 0.200. The van der Waals surface area contributed by atoms with Crippen LogP contribution in [-0.4, -0.2) is 17.3 Å². The van der Waals surface area contributed by atoms with Crippen molar-refractivity contribution in [3.63, 3.8) is 0 Å². The van der Waals surface area contributed by atoms with Crippen molar-refractivity contribution in [2.75, 3.05) is 11.4 Å². The maximum atomic E-state index is 11.9. The number of hydrogen-bond donors (Lipinski definition) is 0. The van der Waals surface area contributed by atoms with Crippen molar-refractivity contribution >= 4 is 27.4 Å². The fourth-order valence-electron chi connectivity index (χ4n) is 2.34. The minimum Gasteiger partial charge on any atom is -0.365 e. The third-order valence-corrected chi connectivity index (χ3v) is 3.76. The summed E-state index contributed by atoms with van der Waals surface area (Å²) in [5.41, 5.74) is 2.85. The van der Waals surface area contributed by atoms with Crippen LogP contribution in [0.3, 0.4) is 0 Å². The predicted octanol–water partition coefficient (Wildman–Crippen LogP) is 3.44. The van der Waals surface area contributed by atoms with E-state index >= 15 is 0 Å². The molecule has 0 N–H and O–H groups in total. The molecular weight excluding hydrogens is 304 g/mol. The van der Waals surface area contributed by atoms with Crippen LogP contribution in [-0.2, 0) is 6.54 Å². The summed E-state index contributed by atoms with van der Waals surface area (Å²) in [6.07, 6.45) is 2.38. The summed E-state index contributed by atoms with van der Waals surface area (Å²) in [6, 6.07) is 11.8. The van der Waals surface area contributed by atoms with Crippen LogP contribution < -0.4 is 4.90 Å². The average molecular weight is 317 g/mol. The number of rotatable bonds is 2. The Bertz CT molecular complexity index is 610. The number of aromatic nitrogens is 1. The summed E-state index contributed by atoms with van der Waals surface area (Å²) in [6.45, 7) is 1.49. The lowest BCUT2D eigenvalue weighted by atomic mass is 10.0. The monoisotopic (exact) mass is 316 g/mol. The Morgan fingerprint density at radius 2 is 2.05 bits per heavy atom. The highest BCUT2D eigenvalue weighted by atomic mass is 79.9. The van der Waals surface area contributed by atoms with Gasteiger partial charge in [-0.1, -0.05) is 12.1 Å². The first-order valence-electron chi connectivity index (χ1n) is 6.21. The quantitative estimate of drug-likeness (QED) is 0.851. The Kier molecular flexibility index (Phi) is 3.34. The van der Waals surface area contributed by atoms with Crippen LogP contribution in [0, 0.1) is 0 Å². The molecule has 96 valence electrons. The van der Waals surface area contributed by atoms with Gasteiger partial charge in [-0.2, -0.15) is 0 Å². The zero-order chi connectivity index (χ0) is 13.2. The molecule has 2 heterocycles. The molecule has 1 aliphatic rings. The molecule has 0 amide bonds. The number of fused-ring (bicyclic) bond motifs is 1. The van der Waals surface area contributed by atoms with Crippen molar-refractivity contribution in [3.05, 3.63) is 58.3 Å². The highest BCUT2D eigenvalue weighted by molar-refractivity contribution is 9.10. The third kappa shape index (κ3) is 2.54. The van der Waals surface area contributed by atoms with Crippen LogP contribution in [0.1, 0.15) is 22.5 Å². The Morgan fingerprint density at radius 3 is 2.84 bits per heavy atom. The van der Waals surface area contributed by atoms with Crippen LogP contribution in [0.5, 0.6) is 0 Å². The lowest BCUT2D eigenvalue weighted by molar-refractivity contribution is 0.0979. The Morgan fingerprint density at radius 1 is 1.21 bits per heavy atom. The van der Waals surface area contributed by atoms with Gasteiger partial charge in [0.05, 0.1) is 12.2 Å². The van der Waals surface area contributed by atoms with Gasteiger partial charge in [-0.3, -0.25) is 9.78 Å². The highest BCUT2D eigenvalue weighted by Crippen LogP contribution is 2.27. The van der Waals surface area contributed by atoms with Crippen molar-refractivity contribution in [3.8, 4) is 0 Å². The standard InChI is InChI=1S/C15H13BrN2O/c16-11-5-6-12(17-9-11)10-18-8-7-15(19)13-3-1-2-4-14(13)18/h1-6,9H,7-8,10H2. The number of nitrogens with zero attached hydrogens (tertiary/aromatic N) is 2. The zero-order valence-electron chi connectivity index (χ0n) is 10.3. The molecule has 0 atom stereocenters. The first kappa shape index (κ1) is 12.4. The van der Waals surface area contributed by atoms with Gasteiger partial charge in [-0.15, -0.1) is 0 Å². The van der Waals surface area contributed by atoms with E-state index < -0.39 is 0 Å². The number of pyridine rings is 1. The van der Waals surface area contributed by atoms with Gasteiger partial charge in [-0.05, 0) is 40.2 Å². The summed E-state index contributed by atoms with van der Waals surface area (Å²) in [7, 11) is 0. The number of anilines is 1. The van der Waals surface area contributed by atoms with E-state index in [0.717, 1.165) is 34.5 Å². The number of carbonyl (C=O) groups is 1. The van der Waals surface area contributed by atoms with Gasteiger partial charge in [-0.25, -0.2) is 0 Å². The summed E-state index contributed by atoms with van der Waals surface area (Å²) in [5.74, 6) is 0.232. The molecule has 1 aliphatic heterocycles. The summed E-state index contributed by atoms with van der Waals surface area (Å²) in [4.78, 5) is 18.5. The van der Waals surface area contributed by atoms with Gasteiger partial charge in [0.2, 0.25) is 0 Å². The molecule has 3 nitrogen and oxygen atoms in total. The molecule has 0 fully saturated rings. The van der Waals surface area contributed by atoms with E-state index in [1.807, 2.05) is 36.4 Å². The molecule has 4 heteroatoms. The zero-order valence-corrected chi connectivity index (χ0v) is 11.9. The van der Waals surface area contributed by atoms with E-state index in [0.29, 0.717) is 6.42 Å². The van der Waals surface area contributed by atoms with Gasteiger partial charge in [0.15, 0.2) is 5.78 Å². The third-order valence-electron chi connectivity index (χ3n) is 3.30.